The van der Waals surface area contributed by atoms with Crippen molar-refractivity contribution in [2.24, 2.45) is 0 Å². The van der Waals surface area contributed by atoms with Crippen LogP contribution in [0.5, 0.6) is 11.5 Å². The summed E-state index contributed by atoms with van der Waals surface area (Å²) in [4.78, 5) is 11.7. The van der Waals surface area contributed by atoms with Crippen LogP contribution >= 0.6 is 0 Å². The summed E-state index contributed by atoms with van der Waals surface area (Å²) in [5.41, 5.74) is 2.06. The van der Waals surface area contributed by atoms with E-state index < -0.39 is 0 Å². The van der Waals surface area contributed by atoms with Crippen molar-refractivity contribution in [1.82, 2.24) is 0 Å². The van der Waals surface area contributed by atoms with E-state index in [-0.39, 0.29) is 12.8 Å². The van der Waals surface area contributed by atoms with E-state index in [4.69, 9.17) is 18.9 Å². The van der Waals surface area contributed by atoms with Gasteiger partial charge in [-0.15, -0.1) is 0 Å². The van der Waals surface area contributed by atoms with E-state index in [9.17, 15) is 4.79 Å². The molecule has 0 heterocycles. The quantitative estimate of drug-likeness (QED) is 0.412. The molecule has 0 bridgehead atoms. The molecule has 2 rings (SSSR count). The van der Waals surface area contributed by atoms with Crippen LogP contribution in [0.2, 0.25) is 0 Å². The van der Waals surface area contributed by atoms with Crippen LogP contribution in [-0.4, -0.2) is 33.6 Å². The fourth-order valence-electron chi connectivity index (χ4n) is 2.57. The second-order valence-electron chi connectivity index (χ2n) is 5.37. The monoisotopic (exact) mass is 344 g/mol. The van der Waals surface area contributed by atoms with E-state index in [0.29, 0.717) is 18.1 Å². The fraction of sp³-hybridized carbons (Fsp3) is 0.350. The highest BCUT2D eigenvalue weighted by molar-refractivity contribution is 5.99. The summed E-state index contributed by atoms with van der Waals surface area (Å²) >= 11 is 0. The van der Waals surface area contributed by atoms with Crippen molar-refractivity contribution in [2.45, 2.75) is 20.3 Å². The molecule has 5 heteroatoms. The Morgan fingerprint density at radius 3 is 2.56 bits per heavy atom. The number of esters is 1. The van der Waals surface area contributed by atoms with Crippen molar-refractivity contribution in [1.29, 1.82) is 0 Å². The van der Waals surface area contributed by atoms with Gasteiger partial charge in [-0.2, -0.15) is 0 Å². The zero-order chi connectivity index (χ0) is 18.2. The maximum absolute atomic E-state index is 11.7. The predicted octanol–water partition coefficient (Wildman–Crippen LogP) is 3.97. The molecule has 5 nitrogen and oxygen atoms in total. The highest BCUT2D eigenvalue weighted by Crippen LogP contribution is 2.39. The van der Waals surface area contributed by atoms with Crippen molar-refractivity contribution in [3.05, 3.63) is 41.5 Å². The minimum absolute atomic E-state index is 0.124. The summed E-state index contributed by atoms with van der Waals surface area (Å²) in [5, 5.41) is 1.88. The van der Waals surface area contributed by atoms with Crippen LogP contribution < -0.4 is 9.47 Å². The average Bonchev–Trinajstić information content (AvgIpc) is 2.64. The molecule has 0 saturated carbocycles. The van der Waals surface area contributed by atoms with Crippen molar-refractivity contribution in [2.75, 3.05) is 27.6 Å². The summed E-state index contributed by atoms with van der Waals surface area (Å²) in [6.45, 7) is 4.34. The maximum Gasteiger partial charge on any atom is 0.330 e. The summed E-state index contributed by atoms with van der Waals surface area (Å²) < 4.78 is 21.2. The molecule has 25 heavy (non-hydrogen) atoms. The zero-order valence-corrected chi connectivity index (χ0v) is 15.1. The lowest BCUT2D eigenvalue weighted by Gasteiger charge is -2.15. The van der Waals surface area contributed by atoms with Crippen LogP contribution in [0.4, 0.5) is 0 Å². The van der Waals surface area contributed by atoms with Gasteiger partial charge in [0.15, 0.2) is 18.3 Å². The van der Waals surface area contributed by atoms with Gasteiger partial charge in [-0.3, -0.25) is 0 Å². The average molecular weight is 344 g/mol. The third-order valence-electron chi connectivity index (χ3n) is 3.78. The van der Waals surface area contributed by atoms with Gasteiger partial charge in [-0.25, -0.2) is 4.79 Å². The summed E-state index contributed by atoms with van der Waals surface area (Å²) in [5.74, 6) is 0.827. The largest absolute Gasteiger partial charge is 0.493 e. The van der Waals surface area contributed by atoms with Crippen LogP contribution in [-0.2, 0) is 20.7 Å². The Labute approximate surface area is 148 Å². The van der Waals surface area contributed by atoms with E-state index >= 15 is 0 Å². The first-order valence-corrected chi connectivity index (χ1v) is 8.24. The third-order valence-corrected chi connectivity index (χ3v) is 3.78. The number of carbonyl (C=O) groups is 1. The van der Waals surface area contributed by atoms with Gasteiger partial charge in [0.25, 0.3) is 0 Å². The second-order valence-corrected chi connectivity index (χ2v) is 5.37. The highest BCUT2D eigenvalue weighted by Gasteiger charge is 2.14. The topological polar surface area (TPSA) is 54.0 Å². The molecule has 0 N–H and O–H groups in total. The van der Waals surface area contributed by atoms with Crippen LogP contribution in [0, 0.1) is 0 Å². The molecular formula is C20H24O5. The number of hydrogen-bond acceptors (Lipinski definition) is 5. The number of fused-ring (bicyclic) bond motifs is 1. The van der Waals surface area contributed by atoms with E-state index in [1.165, 1.54) is 11.6 Å². The molecule has 0 saturated heterocycles. The molecule has 134 valence electrons. The minimum Gasteiger partial charge on any atom is -0.493 e. The van der Waals surface area contributed by atoms with Crippen LogP contribution in [0.3, 0.4) is 0 Å². The van der Waals surface area contributed by atoms with E-state index in [1.54, 1.807) is 27.2 Å². The van der Waals surface area contributed by atoms with E-state index in [1.807, 2.05) is 12.1 Å². The van der Waals surface area contributed by atoms with Crippen molar-refractivity contribution >= 4 is 22.8 Å². The molecule has 2 aromatic carbocycles. The Kier molecular flexibility index (Phi) is 6.83. The molecule has 0 radical (unpaired) electrons. The Morgan fingerprint density at radius 1 is 1.12 bits per heavy atom. The van der Waals surface area contributed by atoms with E-state index in [2.05, 4.69) is 19.1 Å². The lowest BCUT2D eigenvalue weighted by Crippen LogP contribution is -2.02. The smallest absolute Gasteiger partial charge is 0.330 e. The second kappa shape index (κ2) is 9.08. The van der Waals surface area contributed by atoms with Gasteiger partial charge >= 0.3 is 5.97 Å². The number of methoxy groups -OCH3 is 2. The Balaban J connectivity index is 2.61. The van der Waals surface area contributed by atoms with Gasteiger partial charge in [0.05, 0.1) is 13.7 Å². The van der Waals surface area contributed by atoms with Gasteiger partial charge in [0.1, 0.15) is 0 Å². The summed E-state index contributed by atoms with van der Waals surface area (Å²) in [7, 11) is 3.15. The lowest BCUT2D eigenvalue weighted by atomic mass is 9.99. The normalized spacial score (nSPS) is 11.0. The van der Waals surface area contributed by atoms with Crippen LogP contribution in [0.1, 0.15) is 25.0 Å². The number of carbonyl (C=O) groups excluding carboxylic acids is 1. The maximum atomic E-state index is 11.7. The fourth-order valence-corrected chi connectivity index (χ4v) is 2.57. The molecule has 0 unspecified atom stereocenters. The van der Waals surface area contributed by atoms with Crippen molar-refractivity contribution in [3.63, 3.8) is 0 Å². The molecule has 0 aromatic heterocycles. The Morgan fingerprint density at radius 2 is 1.92 bits per heavy atom. The number of rotatable bonds is 8. The lowest BCUT2D eigenvalue weighted by molar-refractivity contribution is -0.137. The molecular weight excluding hydrogens is 320 g/mol. The standard InChI is InChI=1S/C20H24O5/c1-5-14-7-9-16-17(11-14)15(8-10-19(21)24-6-2)12-18(23-4)20(16)25-13-22-3/h7-12H,5-6,13H2,1-4H3/b10-8-. The molecule has 0 aliphatic heterocycles. The Hall–Kier alpha value is -2.53. The summed E-state index contributed by atoms with van der Waals surface area (Å²) in [6.07, 6.45) is 4.08. The van der Waals surface area contributed by atoms with Gasteiger partial charge in [0, 0.05) is 18.6 Å². The molecule has 0 amide bonds. The third kappa shape index (κ3) is 4.51. The molecule has 0 aliphatic rings. The molecule has 0 aliphatic carbocycles. The number of aryl methyl sites for hydroxylation is 1. The summed E-state index contributed by atoms with van der Waals surface area (Å²) in [6, 6.07) is 8.01. The van der Waals surface area contributed by atoms with Crippen LogP contribution in [0.25, 0.3) is 16.8 Å². The molecule has 0 spiro atoms. The number of ether oxygens (including phenoxy) is 4. The zero-order valence-electron chi connectivity index (χ0n) is 15.1. The van der Waals surface area contributed by atoms with Gasteiger partial charge < -0.3 is 18.9 Å². The van der Waals surface area contributed by atoms with Crippen molar-refractivity contribution < 1.29 is 23.7 Å². The van der Waals surface area contributed by atoms with E-state index in [0.717, 1.165) is 22.8 Å². The molecule has 0 atom stereocenters. The SMILES string of the molecule is CCOC(=O)/C=C\c1cc(OC)c(OCOC)c2ccc(CC)cc12. The van der Waals surface area contributed by atoms with Gasteiger partial charge in [-0.05, 0) is 42.0 Å². The van der Waals surface area contributed by atoms with Gasteiger partial charge in [-0.1, -0.05) is 25.1 Å². The molecule has 2 aromatic rings. The molecule has 0 fully saturated rings. The minimum atomic E-state index is -0.374. The first kappa shape index (κ1) is 18.8. The predicted molar refractivity (Wildman–Crippen MR) is 98.0 cm³/mol. The first-order chi connectivity index (χ1) is 12.1. The first-order valence-electron chi connectivity index (χ1n) is 8.24. The Bertz CT molecular complexity index is 764. The highest BCUT2D eigenvalue weighted by atomic mass is 16.7. The van der Waals surface area contributed by atoms with Crippen molar-refractivity contribution in [3.8, 4) is 11.5 Å². The van der Waals surface area contributed by atoms with Gasteiger partial charge in [0.2, 0.25) is 0 Å². The number of benzene rings is 2. The number of hydrogen-bond donors (Lipinski definition) is 0. The van der Waals surface area contributed by atoms with Crippen LogP contribution in [0.15, 0.2) is 30.3 Å².